The molecule has 1 aromatic carbocycles. The average Bonchev–Trinajstić information content (AvgIpc) is 2.88. The summed E-state index contributed by atoms with van der Waals surface area (Å²) in [6, 6.07) is 6.27. The van der Waals surface area contributed by atoms with Gasteiger partial charge in [-0.3, -0.25) is 19.6 Å². The summed E-state index contributed by atoms with van der Waals surface area (Å²) in [7, 11) is 2.83. The van der Waals surface area contributed by atoms with Crippen LogP contribution in [0.15, 0.2) is 24.3 Å². The number of carbonyl (C=O) groups is 4. The van der Waals surface area contributed by atoms with Crippen LogP contribution in [0.3, 0.4) is 0 Å². The van der Waals surface area contributed by atoms with Gasteiger partial charge in [0.15, 0.2) is 0 Å². The summed E-state index contributed by atoms with van der Waals surface area (Å²) in [4.78, 5) is 50.0. The fourth-order valence-corrected chi connectivity index (χ4v) is 4.23. The maximum Gasteiger partial charge on any atom is 0.337 e. The molecule has 11 heteroatoms. The SMILES string of the molecule is CNC(=O)[C@H](CCCCN)NC(=O)[C@H](CC(C)C)C(CCCc1ccc(C(=O)OC)cc1)C(=O)NO.Cl. The first-order valence-corrected chi connectivity index (χ1v) is 12.5. The van der Waals surface area contributed by atoms with Gasteiger partial charge in [-0.25, -0.2) is 10.3 Å². The van der Waals surface area contributed by atoms with Gasteiger partial charge in [0.25, 0.3) is 0 Å². The van der Waals surface area contributed by atoms with E-state index >= 15 is 0 Å². The second-order valence-corrected chi connectivity index (χ2v) is 9.36. The minimum atomic E-state index is -0.777. The third kappa shape index (κ3) is 11.9. The molecule has 210 valence electrons. The maximum absolute atomic E-state index is 13.3. The van der Waals surface area contributed by atoms with Crippen LogP contribution in [-0.4, -0.2) is 55.6 Å². The first-order chi connectivity index (χ1) is 17.2. The first-order valence-electron chi connectivity index (χ1n) is 12.5. The molecule has 10 nitrogen and oxygen atoms in total. The highest BCUT2D eigenvalue weighted by Gasteiger charge is 2.35. The molecule has 0 bridgehead atoms. The van der Waals surface area contributed by atoms with Crippen molar-refractivity contribution in [3.8, 4) is 0 Å². The molecular formula is C26H43ClN4O6. The molecule has 0 saturated heterocycles. The Kier molecular flexibility index (Phi) is 17.2. The Labute approximate surface area is 225 Å². The van der Waals surface area contributed by atoms with Crippen LogP contribution in [0.2, 0.25) is 0 Å². The predicted molar refractivity (Wildman–Crippen MR) is 143 cm³/mol. The Morgan fingerprint density at radius 1 is 0.946 bits per heavy atom. The normalized spacial score (nSPS) is 13.1. The molecule has 0 aromatic heterocycles. The minimum Gasteiger partial charge on any atom is -0.465 e. The van der Waals surface area contributed by atoms with Gasteiger partial charge in [-0.2, -0.15) is 0 Å². The molecule has 1 rings (SSSR count). The van der Waals surface area contributed by atoms with E-state index in [4.69, 9.17) is 10.5 Å². The predicted octanol–water partition coefficient (Wildman–Crippen LogP) is 2.36. The second kappa shape index (κ2) is 18.5. The number of hydroxylamine groups is 1. The minimum absolute atomic E-state index is 0. The van der Waals surface area contributed by atoms with E-state index in [0.29, 0.717) is 50.6 Å². The molecule has 0 aliphatic carbocycles. The first kappa shape index (κ1) is 34.3. The highest BCUT2D eigenvalue weighted by molar-refractivity contribution is 5.91. The van der Waals surface area contributed by atoms with E-state index in [1.54, 1.807) is 17.6 Å². The molecular weight excluding hydrogens is 500 g/mol. The molecule has 0 aliphatic heterocycles. The number of ether oxygens (including phenoxy) is 1. The number of unbranched alkanes of at least 4 members (excludes halogenated alkanes) is 1. The second-order valence-electron chi connectivity index (χ2n) is 9.36. The van der Waals surface area contributed by atoms with Gasteiger partial charge in [-0.1, -0.05) is 26.0 Å². The molecule has 3 atom stereocenters. The molecule has 1 aromatic rings. The molecule has 0 heterocycles. The van der Waals surface area contributed by atoms with Gasteiger partial charge in [-0.15, -0.1) is 12.4 Å². The number of nitrogens with one attached hydrogen (secondary N) is 3. The lowest BCUT2D eigenvalue weighted by atomic mass is 9.80. The standard InChI is InChI=1S/C26H42N4O6.ClH/c1-17(2)16-21(23(31)29-22(25(33)28-3)10-5-6-15-27)20(24(32)30-35)9-7-8-18-11-13-19(14-12-18)26(34)36-4;/h11-14,17,20-22,35H,5-10,15-16,27H2,1-4H3,(H,28,33)(H,29,31)(H,30,32);1H/t20?,21-,22+;/m1./s1. The van der Waals surface area contributed by atoms with Crippen molar-refractivity contribution in [2.24, 2.45) is 23.5 Å². The Morgan fingerprint density at radius 2 is 1.59 bits per heavy atom. The smallest absolute Gasteiger partial charge is 0.337 e. The van der Waals surface area contributed by atoms with Crippen molar-refractivity contribution in [2.75, 3.05) is 20.7 Å². The van der Waals surface area contributed by atoms with Gasteiger partial charge < -0.3 is 21.1 Å². The molecule has 0 spiro atoms. The zero-order valence-electron chi connectivity index (χ0n) is 22.2. The number of carbonyl (C=O) groups excluding carboxylic acids is 4. The number of aryl methyl sites for hydroxylation is 1. The third-order valence-electron chi connectivity index (χ3n) is 6.18. The van der Waals surface area contributed by atoms with E-state index in [2.05, 4.69) is 10.6 Å². The molecule has 1 unspecified atom stereocenters. The van der Waals surface area contributed by atoms with Gasteiger partial charge >= 0.3 is 5.97 Å². The third-order valence-corrected chi connectivity index (χ3v) is 6.18. The number of esters is 1. The zero-order chi connectivity index (χ0) is 27.1. The topological polar surface area (TPSA) is 160 Å². The van der Waals surface area contributed by atoms with Crippen LogP contribution in [0.5, 0.6) is 0 Å². The van der Waals surface area contributed by atoms with Crippen molar-refractivity contribution >= 4 is 36.1 Å². The van der Waals surface area contributed by atoms with E-state index in [0.717, 1.165) is 12.0 Å². The van der Waals surface area contributed by atoms with Gasteiger partial charge in [-0.05, 0) is 75.1 Å². The number of rotatable bonds is 16. The monoisotopic (exact) mass is 542 g/mol. The van der Waals surface area contributed by atoms with Crippen molar-refractivity contribution in [3.63, 3.8) is 0 Å². The highest BCUT2D eigenvalue weighted by Crippen LogP contribution is 2.27. The summed E-state index contributed by atoms with van der Waals surface area (Å²) in [5.74, 6) is -3.13. The van der Waals surface area contributed by atoms with Crippen molar-refractivity contribution < 1.29 is 29.1 Å². The fourth-order valence-electron chi connectivity index (χ4n) is 4.23. The van der Waals surface area contributed by atoms with Crippen LogP contribution >= 0.6 is 12.4 Å². The molecule has 3 amide bonds. The number of nitrogens with two attached hydrogens (primary N) is 1. The van der Waals surface area contributed by atoms with Gasteiger partial charge in [0.2, 0.25) is 17.7 Å². The Morgan fingerprint density at radius 3 is 2.11 bits per heavy atom. The molecule has 0 saturated carbocycles. The summed E-state index contributed by atoms with van der Waals surface area (Å²) in [5, 5.41) is 14.8. The quantitative estimate of drug-likeness (QED) is 0.0927. The van der Waals surface area contributed by atoms with Crippen molar-refractivity contribution in [2.45, 2.75) is 64.8 Å². The maximum atomic E-state index is 13.3. The lowest BCUT2D eigenvalue weighted by Crippen LogP contribution is -2.50. The summed E-state index contributed by atoms with van der Waals surface area (Å²) in [6.07, 6.45) is 3.82. The number of amides is 3. The van der Waals surface area contributed by atoms with Crippen LogP contribution in [0, 0.1) is 17.8 Å². The lowest BCUT2D eigenvalue weighted by molar-refractivity contribution is -0.142. The van der Waals surface area contributed by atoms with Gasteiger partial charge in [0, 0.05) is 13.0 Å². The molecule has 0 radical (unpaired) electrons. The van der Waals surface area contributed by atoms with E-state index in [1.807, 2.05) is 26.0 Å². The fraction of sp³-hybridized carbons (Fsp3) is 0.615. The van der Waals surface area contributed by atoms with E-state index in [-0.39, 0.29) is 30.1 Å². The van der Waals surface area contributed by atoms with Crippen molar-refractivity contribution in [1.29, 1.82) is 0 Å². The van der Waals surface area contributed by atoms with Gasteiger partial charge in [0.1, 0.15) is 6.04 Å². The van der Waals surface area contributed by atoms with Crippen molar-refractivity contribution in [1.82, 2.24) is 16.1 Å². The van der Waals surface area contributed by atoms with Crippen LogP contribution < -0.4 is 21.8 Å². The number of benzene rings is 1. The number of halogens is 1. The van der Waals surface area contributed by atoms with E-state index in [1.165, 1.54) is 14.2 Å². The largest absolute Gasteiger partial charge is 0.465 e. The molecule has 6 N–H and O–H groups in total. The Balaban J connectivity index is 0.0000130. The molecule has 0 aliphatic rings. The number of hydrogen-bond donors (Lipinski definition) is 5. The number of likely N-dealkylation sites (N-methyl/N-ethyl adjacent to an activating group) is 1. The van der Waals surface area contributed by atoms with E-state index < -0.39 is 29.8 Å². The molecule has 0 fully saturated rings. The summed E-state index contributed by atoms with van der Waals surface area (Å²) in [6.45, 7) is 4.40. The summed E-state index contributed by atoms with van der Waals surface area (Å²) in [5.41, 5.74) is 8.69. The highest BCUT2D eigenvalue weighted by atomic mass is 35.5. The Bertz CT molecular complexity index is 850. The average molecular weight is 543 g/mol. The van der Waals surface area contributed by atoms with E-state index in [9.17, 15) is 24.4 Å². The summed E-state index contributed by atoms with van der Waals surface area (Å²) >= 11 is 0. The number of methoxy groups -OCH3 is 1. The van der Waals surface area contributed by atoms with Crippen LogP contribution in [0.25, 0.3) is 0 Å². The van der Waals surface area contributed by atoms with Gasteiger partial charge in [0.05, 0.1) is 18.6 Å². The zero-order valence-corrected chi connectivity index (χ0v) is 23.1. The Hall–Kier alpha value is -2.69. The van der Waals surface area contributed by atoms with Crippen LogP contribution in [0.4, 0.5) is 0 Å². The van der Waals surface area contributed by atoms with Crippen molar-refractivity contribution in [3.05, 3.63) is 35.4 Å². The molecule has 37 heavy (non-hydrogen) atoms. The summed E-state index contributed by atoms with van der Waals surface area (Å²) < 4.78 is 4.71. The van der Waals surface area contributed by atoms with Crippen LogP contribution in [0.1, 0.15) is 68.3 Å². The lowest BCUT2D eigenvalue weighted by Gasteiger charge is -2.28. The van der Waals surface area contributed by atoms with Crippen LogP contribution in [-0.2, 0) is 25.5 Å². The number of hydrogen-bond acceptors (Lipinski definition) is 7.